The molecule has 3 nitrogen and oxygen atoms in total. The summed E-state index contributed by atoms with van der Waals surface area (Å²) in [5.74, 6) is 0.693. The van der Waals surface area contributed by atoms with Gasteiger partial charge in [0.05, 0.1) is 10.9 Å². The summed E-state index contributed by atoms with van der Waals surface area (Å²) in [5, 5.41) is -0.201. The van der Waals surface area contributed by atoms with Crippen LogP contribution in [-0.2, 0) is 16.0 Å². The van der Waals surface area contributed by atoms with Crippen molar-refractivity contribution in [2.45, 2.75) is 31.9 Å². The molecule has 0 N–H and O–H groups in total. The number of hydrogen-bond acceptors (Lipinski definition) is 3. The Morgan fingerprint density at radius 2 is 1.89 bits per heavy atom. The fraction of sp³-hybridized carbons (Fsp3) is 0.429. The molecule has 2 amide bonds. The van der Waals surface area contributed by atoms with Gasteiger partial charge < -0.3 is 0 Å². The topological polar surface area (TPSA) is 37.4 Å². The van der Waals surface area contributed by atoms with E-state index in [4.69, 9.17) is 0 Å². The minimum atomic E-state index is -0.201. The van der Waals surface area contributed by atoms with E-state index in [1.54, 1.807) is 11.8 Å². The maximum absolute atomic E-state index is 12.1. The van der Waals surface area contributed by atoms with E-state index in [1.165, 1.54) is 10.5 Å². The van der Waals surface area contributed by atoms with Crippen molar-refractivity contribution in [1.82, 2.24) is 0 Å². The van der Waals surface area contributed by atoms with Gasteiger partial charge in [-0.2, -0.15) is 0 Å². The molecule has 0 radical (unpaired) electrons. The Morgan fingerprint density at radius 1 is 1.22 bits per heavy atom. The summed E-state index contributed by atoms with van der Waals surface area (Å²) in [6.45, 7) is 4.08. The van der Waals surface area contributed by atoms with Crippen molar-refractivity contribution in [3.8, 4) is 0 Å². The minimum Gasteiger partial charge on any atom is -0.274 e. The predicted octanol–water partition coefficient (Wildman–Crippen LogP) is 2.63. The van der Waals surface area contributed by atoms with E-state index in [2.05, 4.69) is 6.92 Å². The van der Waals surface area contributed by atoms with Gasteiger partial charge in [0.2, 0.25) is 11.8 Å². The van der Waals surface area contributed by atoms with Crippen molar-refractivity contribution in [2.24, 2.45) is 0 Å². The molecule has 1 heterocycles. The summed E-state index contributed by atoms with van der Waals surface area (Å²) in [4.78, 5) is 25.4. The van der Waals surface area contributed by atoms with Crippen LogP contribution in [0.2, 0.25) is 0 Å². The third-order valence-corrected chi connectivity index (χ3v) is 4.18. The largest absolute Gasteiger partial charge is 0.274 e. The van der Waals surface area contributed by atoms with E-state index in [9.17, 15) is 9.59 Å². The monoisotopic (exact) mass is 263 g/mol. The number of rotatable bonds is 4. The minimum absolute atomic E-state index is 0.0731. The summed E-state index contributed by atoms with van der Waals surface area (Å²) in [6.07, 6.45) is 1.28. The summed E-state index contributed by atoms with van der Waals surface area (Å²) in [5.41, 5.74) is 1.90. The number of imide groups is 1. The first kappa shape index (κ1) is 13.1. The lowest BCUT2D eigenvalue weighted by molar-refractivity contribution is -0.121. The molecule has 96 valence electrons. The SMILES string of the molecule is CCS[C@@H]1CC(=O)N(c2ccc(CC)cc2)C1=O. The second-order valence-corrected chi connectivity index (χ2v) is 5.72. The molecule has 1 aromatic rings. The molecular weight excluding hydrogens is 246 g/mol. The molecule has 1 aliphatic rings. The van der Waals surface area contributed by atoms with Gasteiger partial charge in [-0.1, -0.05) is 26.0 Å². The molecule has 0 unspecified atom stereocenters. The van der Waals surface area contributed by atoms with Crippen LogP contribution in [0.4, 0.5) is 5.69 Å². The lowest BCUT2D eigenvalue weighted by Crippen LogP contribution is -2.31. The average molecular weight is 263 g/mol. The zero-order valence-corrected chi connectivity index (χ0v) is 11.5. The second-order valence-electron chi connectivity index (χ2n) is 4.24. The first-order chi connectivity index (χ1) is 8.67. The number of carbonyl (C=O) groups excluding carboxylic acids is 2. The van der Waals surface area contributed by atoms with Crippen LogP contribution >= 0.6 is 11.8 Å². The van der Waals surface area contributed by atoms with Gasteiger partial charge in [0.25, 0.3) is 0 Å². The van der Waals surface area contributed by atoms with Gasteiger partial charge in [0.1, 0.15) is 0 Å². The molecule has 0 bridgehead atoms. The number of amides is 2. The van der Waals surface area contributed by atoms with E-state index in [0.29, 0.717) is 12.1 Å². The number of thioether (sulfide) groups is 1. The average Bonchev–Trinajstić information content (AvgIpc) is 2.65. The van der Waals surface area contributed by atoms with Crippen LogP contribution in [0, 0.1) is 0 Å². The van der Waals surface area contributed by atoms with Crippen molar-refractivity contribution in [2.75, 3.05) is 10.7 Å². The number of anilines is 1. The summed E-state index contributed by atoms with van der Waals surface area (Å²) in [6, 6.07) is 7.65. The maximum atomic E-state index is 12.1. The van der Waals surface area contributed by atoms with Crippen molar-refractivity contribution in [1.29, 1.82) is 0 Å². The van der Waals surface area contributed by atoms with Crippen molar-refractivity contribution < 1.29 is 9.59 Å². The van der Waals surface area contributed by atoms with Crippen LogP contribution in [-0.4, -0.2) is 22.8 Å². The third kappa shape index (κ3) is 2.43. The Kier molecular flexibility index (Phi) is 4.07. The van der Waals surface area contributed by atoms with Gasteiger partial charge in [-0.25, -0.2) is 4.90 Å². The van der Waals surface area contributed by atoms with Crippen LogP contribution in [0.25, 0.3) is 0 Å². The molecular formula is C14H17NO2S. The zero-order valence-electron chi connectivity index (χ0n) is 10.7. The highest BCUT2D eigenvalue weighted by atomic mass is 32.2. The first-order valence-electron chi connectivity index (χ1n) is 6.24. The number of carbonyl (C=O) groups is 2. The summed E-state index contributed by atoms with van der Waals surface area (Å²) >= 11 is 1.54. The van der Waals surface area contributed by atoms with E-state index < -0.39 is 0 Å². The highest BCUT2D eigenvalue weighted by Crippen LogP contribution is 2.29. The molecule has 0 aromatic heterocycles. The Hall–Kier alpha value is -1.29. The molecule has 0 spiro atoms. The fourth-order valence-corrected chi connectivity index (χ4v) is 3.00. The number of nitrogens with zero attached hydrogens (tertiary/aromatic N) is 1. The fourth-order valence-electron chi connectivity index (χ4n) is 2.09. The summed E-state index contributed by atoms with van der Waals surface area (Å²) < 4.78 is 0. The molecule has 4 heteroatoms. The van der Waals surface area contributed by atoms with E-state index in [0.717, 1.165) is 12.2 Å². The number of benzene rings is 1. The van der Waals surface area contributed by atoms with E-state index >= 15 is 0 Å². The number of aryl methyl sites for hydroxylation is 1. The van der Waals surface area contributed by atoms with Crippen LogP contribution < -0.4 is 4.90 Å². The normalized spacial score (nSPS) is 19.7. The Morgan fingerprint density at radius 3 is 2.44 bits per heavy atom. The van der Waals surface area contributed by atoms with Gasteiger partial charge in [0.15, 0.2) is 0 Å². The summed E-state index contributed by atoms with van der Waals surface area (Å²) in [7, 11) is 0. The molecule has 1 atom stereocenters. The molecule has 1 fully saturated rings. The maximum Gasteiger partial charge on any atom is 0.247 e. The Balaban J connectivity index is 2.21. The van der Waals surface area contributed by atoms with E-state index in [1.807, 2.05) is 31.2 Å². The lowest BCUT2D eigenvalue weighted by Gasteiger charge is -2.15. The predicted molar refractivity (Wildman–Crippen MR) is 74.9 cm³/mol. The van der Waals surface area contributed by atoms with Gasteiger partial charge in [0, 0.05) is 6.42 Å². The highest BCUT2D eigenvalue weighted by molar-refractivity contribution is 8.00. The first-order valence-corrected chi connectivity index (χ1v) is 7.29. The van der Waals surface area contributed by atoms with Crippen molar-refractivity contribution in [3.05, 3.63) is 29.8 Å². The zero-order chi connectivity index (χ0) is 13.1. The van der Waals surface area contributed by atoms with Crippen LogP contribution in [0.5, 0.6) is 0 Å². The Bertz CT molecular complexity index is 455. The quantitative estimate of drug-likeness (QED) is 0.784. The van der Waals surface area contributed by atoms with Crippen LogP contribution in [0.15, 0.2) is 24.3 Å². The highest BCUT2D eigenvalue weighted by Gasteiger charge is 2.39. The third-order valence-electron chi connectivity index (χ3n) is 3.08. The molecule has 18 heavy (non-hydrogen) atoms. The van der Waals surface area contributed by atoms with Crippen LogP contribution in [0.1, 0.15) is 25.8 Å². The van der Waals surface area contributed by atoms with Gasteiger partial charge >= 0.3 is 0 Å². The number of hydrogen-bond donors (Lipinski definition) is 0. The Labute approximate surface area is 112 Å². The lowest BCUT2D eigenvalue weighted by atomic mass is 10.1. The molecule has 0 saturated carbocycles. The molecule has 0 aliphatic carbocycles. The molecule has 1 aromatic carbocycles. The van der Waals surface area contributed by atoms with E-state index in [-0.39, 0.29) is 17.1 Å². The molecule has 1 aliphatic heterocycles. The molecule has 2 rings (SSSR count). The smallest absolute Gasteiger partial charge is 0.247 e. The van der Waals surface area contributed by atoms with Crippen molar-refractivity contribution >= 4 is 29.3 Å². The van der Waals surface area contributed by atoms with Crippen LogP contribution in [0.3, 0.4) is 0 Å². The van der Waals surface area contributed by atoms with Gasteiger partial charge in [-0.15, -0.1) is 11.8 Å². The standard InChI is InChI=1S/C14H17NO2S/c1-3-10-5-7-11(8-6-10)15-13(16)9-12(14(15)17)18-4-2/h5-8,12H,3-4,9H2,1-2H3/t12-/m1/s1. The van der Waals surface area contributed by atoms with Crippen molar-refractivity contribution in [3.63, 3.8) is 0 Å². The van der Waals surface area contributed by atoms with Gasteiger partial charge in [-0.3, -0.25) is 9.59 Å². The molecule has 1 saturated heterocycles. The van der Waals surface area contributed by atoms with Gasteiger partial charge in [-0.05, 0) is 29.9 Å². The second kappa shape index (κ2) is 5.57.